The van der Waals surface area contributed by atoms with Gasteiger partial charge in [0.2, 0.25) is 5.91 Å². The molecule has 1 saturated heterocycles. The fraction of sp³-hybridized carbons (Fsp3) is 0.269. The van der Waals surface area contributed by atoms with Gasteiger partial charge in [-0.1, -0.05) is 16.4 Å². The summed E-state index contributed by atoms with van der Waals surface area (Å²) in [6.07, 6.45) is 9.57. The van der Waals surface area contributed by atoms with Gasteiger partial charge in [-0.15, -0.1) is 5.10 Å². The molecule has 0 saturated carbocycles. The van der Waals surface area contributed by atoms with Gasteiger partial charge in [0.1, 0.15) is 5.76 Å². The van der Waals surface area contributed by atoms with Crippen LogP contribution in [0.4, 0.5) is 11.4 Å². The number of nitrogens with one attached hydrogen (secondary N) is 2. The molecule has 13 heteroatoms. The lowest BCUT2D eigenvalue weighted by Gasteiger charge is -2.15. The number of rotatable bonds is 7. The molecular weight excluding hydrogens is 500 g/mol. The molecule has 5 aromatic heterocycles. The first kappa shape index (κ1) is 24.4. The first-order chi connectivity index (χ1) is 18.9. The molecule has 6 rings (SSSR count). The van der Waals surface area contributed by atoms with E-state index in [1.807, 2.05) is 25.4 Å². The fourth-order valence-corrected chi connectivity index (χ4v) is 4.76. The highest BCUT2D eigenvalue weighted by Crippen LogP contribution is 2.27. The number of fused-ring (bicyclic) bond motifs is 1. The third-order valence-corrected chi connectivity index (χ3v) is 6.78. The smallest absolute Gasteiger partial charge is 0.278 e. The molecule has 1 aliphatic rings. The predicted molar refractivity (Wildman–Crippen MR) is 141 cm³/mol. The maximum absolute atomic E-state index is 13.1. The lowest BCUT2D eigenvalue weighted by Crippen LogP contribution is -2.31. The maximum Gasteiger partial charge on any atom is 0.278 e. The van der Waals surface area contributed by atoms with Gasteiger partial charge in [-0.05, 0) is 32.0 Å². The van der Waals surface area contributed by atoms with E-state index in [4.69, 9.17) is 4.52 Å². The van der Waals surface area contributed by atoms with Crippen molar-refractivity contribution in [2.75, 3.05) is 30.3 Å². The van der Waals surface area contributed by atoms with Crippen molar-refractivity contribution >= 4 is 28.7 Å². The van der Waals surface area contributed by atoms with Crippen LogP contribution in [0.5, 0.6) is 0 Å². The number of carbonyl (C=O) groups is 2. The Morgan fingerprint density at radius 1 is 1.13 bits per heavy atom. The molecule has 6 heterocycles. The molecule has 2 N–H and O–H groups in total. The lowest BCUT2D eigenvalue weighted by molar-refractivity contribution is -0.117. The minimum atomic E-state index is -0.428. The second-order valence-electron chi connectivity index (χ2n) is 9.58. The van der Waals surface area contributed by atoms with Crippen LogP contribution in [0.1, 0.15) is 34.3 Å². The molecular formula is C26H26N10O3. The largest absolute Gasteiger partial charge is 0.361 e. The number of pyridine rings is 2. The van der Waals surface area contributed by atoms with E-state index in [0.717, 1.165) is 36.4 Å². The van der Waals surface area contributed by atoms with Crippen molar-refractivity contribution < 1.29 is 14.1 Å². The minimum Gasteiger partial charge on any atom is -0.361 e. The number of carbonyl (C=O) groups excluding carboxylic acids is 2. The molecule has 2 amide bonds. The SMILES string of the molecule is Cc1ncc(NC(=O)CN2CCC(c3ccno3)C2)cc1NC(=O)c1nnn2cc(-c3cnn(C)c3)ccc12. The molecule has 0 bridgehead atoms. The van der Waals surface area contributed by atoms with E-state index in [9.17, 15) is 9.59 Å². The standard InChI is InChI=1S/C26H26N10O3/c1-16-21(9-20(11-27-16)30-24(37)15-35-8-6-18(13-35)23-5-7-29-39-23)31-26(38)25-22-4-3-17(14-36(22)33-32-25)19-10-28-34(2)12-19/h3-5,7,9-12,14,18H,6,8,13,15H2,1-2H3,(H,30,37)(H,31,38). The van der Waals surface area contributed by atoms with Gasteiger partial charge in [0, 0.05) is 49.1 Å². The van der Waals surface area contributed by atoms with Crippen LogP contribution in [0.15, 0.2) is 59.8 Å². The summed E-state index contributed by atoms with van der Waals surface area (Å²) in [7, 11) is 1.85. The van der Waals surface area contributed by atoms with Crippen LogP contribution in [0.3, 0.4) is 0 Å². The maximum atomic E-state index is 13.1. The van der Waals surface area contributed by atoms with Crippen molar-refractivity contribution in [3.63, 3.8) is 0 Å². The van der Waals surface area contributed by atoms with Gasteiger partial charge >= 0.3 is 0 Å². The zero-order chi connectivity index (χ0) is 26.9. The van der Waals surface area contributed by atoms with Crippen LogP contribution in [-0.2, 0) is 11.8 Å². The van der Waals surface area contributed by atoms with E-state index in [-0.39, 0.29) is 24.1 Å². The molecule has 1 atom stereocenters. The summed E-state index contributed by atoms with van der Waals surface area (Å²) < 4.78 is 8.54. The average molecular weight is 527 g/mol. The van der Waals surface area contributed by atoms with Crippen LogP contribution in [0.25, 0.3) is 16.6 Å². The third kappa shape index (κ3) is 5.11. The van der Waals surface area contributed by atoms with Crippen molar-refractivity contribution in [2.24, 2.45) is 7.05 Å². The van der Waals surface area contributed by atoms with Gasteiger partial charge in [-0.3, -0.25) is 24.2 Å². The normalized spacial score (nSPS) is 15.6. The molecule has 0 spiro atoms. The molecule has 198 valence electrons. The Balaban J connectivity index is 1.11. The number of anilines is 2. The van der Waals surface area contributed by atoms with Crippen LogP contribution in [0, 0.1) is 6.92 Å². The molecule has 1 aliphatic heterocycles. The summed E-state index contributed by atoms with van der Waals surface area (Å²) in [6.45, 7) is 3.54. The summed E-state index contributed by atoms with van der Waals surface area (Å²) in [5, 5.41) is 21.9. The lowest BCUT2D eigenvalue weighted by atomic mass is 10.1. The quantitative estimate of drug-likeness (QED) is 0.326. The van der Waals surface area contributed by atoms with Crippen molar-refractivity contribution in [3.8, 4) is 11.1 Å². The van der Waals surface area contributed by atoms with Crippen LogP contribution < -0.4 is 10.6 Å². The number of amides is 2. The Morgan fingerprint density at radius 3 is 2.82 bits per heavy atom. The molecule has 13 nitrogen and oxygen atoms in total. The van der Waals surface area contributed by atoms with E-state index in [1.165, 1.54) is 0 Å². The molecule has 0 aliphatic carbocycles. The van der Waals surface area contributed by atoms with E-state index < -0.39 is 5.91 Å². The first-order valence-electron chi connectivity index (χ1n) is 12.5. The highest BCUT2D eigenvalue weighted by molar-refractivity contribution is 6.08. The van der Waals surface area contributed by atoms with Gasteiger partial charge < -0.3 is 15.2 Å². The number of aromatic nitrogens is 7. The zero-order valence-electron chi connectivity index (χ0n) is 21.4. The molecule has 5 aromatic rings. The van der Waals surface area contributed by atoms with Gasteiger partial charge in [0.15, 0.2) is 5.69 Å². The average Bonchev–Trinajstić information content (AvgIpc) is 3.72. The number of hydrogen-bond acceptors (Lipinski definition) is 9. The van der Waals surface area contributed by atoms with Crippen LogP contribution >= 0.6 is 0 Å². The number of likely N-dealkylation sites (tertiary alicyclic amines) is 1. The van der Waals surface area contributed by atoms with Crippen molar-refractivity contribution in [1.29, 1.82) is 0 Å². The van der Waals surface area contributed by atoms with Crippen molar-refractivity contribution in [2.45, 2.75) is 19.3 Å². The van der Waals surface area contributed by atoms with Gasteiger partial charge in [0.05, 0.1) is 47.7 Å². The summed E-state index contributed by atoms with van der Waals surface area (Å²) in [4.78, 5) is 32.2. The Kier molecular flexibility index (Phi) is 6.32. The molecule has 0 radical (unpaired) electrons. The summed E-state index contributed by atoms with van der Waals surface area (Å²) in [5.41, 5.74) is 4.13. The molecule has 39 heavy (non-hydrogen) atoms. The number of aryl methyl sites for hydroxylation is 2. The highest BCUT2D eigenvalue weighted by atomic mass is 16.5. The molecule has 1 unspecified atom stereocenters. The number of nitrogens with zero attached hydrogens (tertiary/aromatic N) is 8. The van der Waals surface area contributed by atoms with Crippen LogP contribution in [0.2, 0.25) is 0 Å². The summed E-state index contributed by atoms with van der Waals surface area (Å²) in [6, 6.07) is 7.24. The Morgan fingerprint density at radius 2 is 2.03 bits per heavy atom. The van der Waals surface area contributed by atoms with Crippen molar-refractivity contribution in [3.05, 3.63) is 72.4 Å². The second kappa shape index (κ2) is 10.1. The van der Waals surface area contributed by atoms with E-state index >= 15 is 0 Å². The Labute approximate surface area is 222 Å². The van der Waals surface area contributed by atoms with Crippen LogP contribution in [-0.4, -0.2) is 71.1 Å². The zero-order valence-corrected chi connectivity index (χ0v) is 21.4. The van der Waals surface area contributed by atoms with Gasteiger partial charge in [0.25, 0.3) is 5.91 Å². The topological polar surface area (TPSA) is 148 Å². The summed E-state index contributed by atoms with van der Waals surface area (Å²) >= 11 is 0. The van der Waals surface area contributed by atoms with E-state index in [2.05, 4.69) is 41.1 Å². The third-order valence-electron chi connectivity index (χ3n) is 6.78. The second-order valence-corrected chi connectivity index (χ2v) is 9.58. The summed E-state index contributed by atoms with van der Waals surface area (Å²) in [5.74, 6) is 0.488. The Hall–Kier alpha value is -4.91. The van der Waals surface area contributed by atoms with E-state index in [1.54, 1.807) is 53.0 Å². The Bertz CT molecular complexity index is 1660. The van der Waals surface area contributed by atoms with Crippen molar-refractivity contribution in [1.82, 2.24) is 39.6 Å². The monoisotopic (exact) mass is 526 g/mol. The molecule has 1 fully saturated rings. The fourth-order valence-electron chi connectivity index (χ4n) is 4.76. The predicted octanol–water partition coefficient (Wildman–Crippen LogP) is 2.50. The van der Waals surface area contributed by atoms with Gasteiger partial charge in [-0.25, -0.2) is 4.52 Å². The number of hydrogen-bond donors (Lipinski definition) is 2. The van der Waals surface area contributed by atoms with E-state index in [0.29, 0.717) is 22.6 Å². The molecule has 0 aromatic carbocycles. The first-order valence-corrected chi connectivity index (χ1v) is 12.5. The van der Waals surface area contributed by atoms with Gasteiger partial charge in [-0.2, -0.15) is 5.10 Å². The highest BCUT2D eigenvalue weighted by Gasteiger charge is 2.27. The minimum absolute atomic E-state index is 0.162.